The highest BCUT2D eigenvalue weighted by Crippen LogP contribution is 2.37. The van der Waals surface area contributed by atoms with Crippen LogP contribution in [0.3, 0.4) is 0 Å². The van der Waals surface area contributed by atoms with Crippen molar-refractivity contribution in [1.82, 2.24) is 20.1 Å². The number of carbonyl (C=O) groups excluding carboxylic acids is 1. The molecule has 1 aliphatic carbocycles. The number of hydrogen-bond acceptors (Lipinski definition) is 3. The molecule has 1 aliphatic heterocycles. The molecule has 3 rings (SSSR count). The lowest BCUT2D eigenvalue weighted by molar-refractivity contribution is 0.0753. The number of H-pyrrole nitrogens is 1. The zero-order chi connectivity index (χ0) is 14.3. The molecule has 0 saturated heterocycles. The summed E-state index contributed by atoms with van der Waals surface area (Å²) in [5, 5.41) is 6.97. The highest BCUT2D eigenvalue weighted by atomic mass is 16.2. The lowest BCUT2D eigenvalue weighted by Gasteiger charge is -2.31. The smallest absolute Gasteiger partial charge is 0.293 e. The van der Waals surface area contributed by atoms with Crippen molar-refractivity contribution in [2.24, 2.45) is 5.41 Å². The fraction of sp³-hybridized carbons (Fsp3) is 0.667. The Hall–Kier alpha value is -1.65. The van der Waals surface area contributed by atoms with Crippen LogP contribution in [0.4, 0.5) is 0 Å². The Balaban J connectivity index is 1.67. The number of nitrogens with one attached hydrogen (secondary N) is 1. The maximum Gasteiger partial charge on any atom is 0.293 e. The number of hydrogen-bond donors (Lipinski definition) is 1. The molecule has 1 saturated carbocycles. The molecule has 0 aromatic carbocycles. The molecular formula is C15H22N4O. The summed E-state index contributed by atoms with van der Waals surface area (Å²) in [6.07, 6.45) is 5.43. The van der Waals surface area contributed by atoms with Gasteiger partial charge in [-0.15, -0.1) is 5.10 Å². The molecule has 108 valence electrons. The third-order valence-corrected chi connectivity index (χ3v) is 4.12. The van der Waals surface area contributed by atoms with E-state index in [0.717, 1.165) is 31.6 Å². The van der Waals surface area contributed by atoms with E-state index in [1.807, 2.05) is 4.90 Å². The van der Waals surface area contributed by atoms with Crippen LogP contribution >= 0.6 is 0 Å². The summed E-state index contributed by atoms with van der Waals surface area (Å²) in [5.74, 6) is 1.63. The molecule has 1 amide bonds. The molecule has 0 radical (unpaired) electrons. The lowest BCUT2D eigenvalue weighted by atomic mass is 9.83. The Morgan fingerprint density at radius 1 is 1.40 bits per heavy atom. The summed E-state index contributed by atoms with van der Waals surface area (Å²) in [5.41, 5.74) is 1.62. The second kappa shape index (κ2) is 4.72. The molecule has 1 aromatic heterocycles. The fourth-order valence-electron chi connectivity index (χ4n) is 2.59. The maximum atomic E-state index is 12.4. The number of aromatic amines is 1. The van der Waals surface area contributed by atoms with Crippen molar-refractivity contribution < 1.29 is 4.79 Å². The Morgan fingerprint density at radius 3 is 2.70 bits per heavy atom. The quantitative estimate of drug-likeness (QED) is 0.843. The van der Waals surface area contributed by atoms with Crippen LogP contribution in [0.1, 0.15) is 62.4 Å². The second-order valence-corrected chi connectivity index (χ2v) is 6.80. The minimum absolute atomic E-state index is 0.0580. The monoisotopic (exact) mass is 274 g/mol. The summed E-state index contributed by atoms with van der Waals surface area (Å²) in [6.45, 7) is 8.07. The molecule has 0 atom stereocenters. The summed E-state index contributed by atoms with van der Waals surface area (Å²) in [4.78, 5) is 18.5. The molecule has 0 spiro atoms. The number of rotatable bonds is 2. The van der Waals surface area contributed by atoms with Crippen molar-refractivity contribution >= 4 is 5.91 Å². The first-order valence-electron chi connectivity index (χ1n) is 7.36. The molecule has 1 aromatic rings. The zero-order valence-electron chi connectivity index (χ0n) is 12.4. The number of amides is 1. The van der Waals surface area contributed by atoms with E-state index in [9.17, 15) is 4.79 Å². The molecule has 5 heteroatoms. The van der Waals surface area contributed by atoms with Gasteiger partial charge < -0.3 is 4.90 Å². The van der Waals surface area contributed by atoms with E-state index < -0.39 is 0 Å². The van der Waals surface area contributed by atoms with Gasteiger partial charge in [0.1, 0.15) is 5.82 Å². The van der Waals surface area contributed by atoms with E-state index in [1.54, 1.807) is 0 Å². The van der Waals surface area contributed by atoms with Crippen LogP contribution in [0.5, 0.6) is 0 Å². The first kappa shape index (κ1) is 13.3. The van der Waals surface area contributed by atoms with Gasteiger partial charge in [0.05, 0.1) is 0 Å². The van der Waals surface area contributed by atoms with E-state index in [2.05, 4.69) is 42.0 Å². The largest absolute Gasteiger partial charge is 0.332 e. The molecule has 20 heavy (non-hydrogen) atoms. The first-order valence-corrected chi connectivity index (χ1v) is 7.36. The molecule has 5 nitrogen and oxygen atoms in total. The summed E-state index contributed by atoms with van der Waals surface area (Å²) in [6, 6.07) is 0. The van der Waals surface area contributed by atoms with Crippen LogP contribution in [0.25, 0.3) is 0 Å². The summed E-state index contributed by atoms with van der Waals surface area (Å²) >= 11 is 0. The van der Waals surface area contributed by atoms with Gasteiger partial charge in [-0.05, 0) is 24.7 Å². The van der Waals surface area contributed by atoms with E-state index in [-0.39, 0.29) is 11.3 Å². The summed E-state index contributed by atoms with van der Waals surface area (Å²) in [7, 11) is 0. The van der Waals surface area contributed by atoms with Gasteiger partial charge in [0.2, 0.25) is 5.82 Å². The molecule has 2 heterocycles. The molecule has 0 bridgehead atoms. The van der Waals surface area contributed by atoms with Crippen LogP contribution in [0.15, 0.2) is 11.6 Å². The Bertz CT molecular complexity index is 548. The van der Waals surface area contributed by atoms with Crippen LogP contribution in [-0.4, -0.2) is 39.1 Å². The molecule has 2 aliphatic rings. The van der Waals surface area contributed by atoms with Gasteiger partial charge in [0.15, 0.2) is 0 Å². The second-order valence-electron chi connectivity index (χ2n) is 6.80. The van der Waals surface area contributed by atoms with E-state index in [4.69, 9.17) is 0 Å². The third kappa shape index (κ3) is 2.62. The number of carbonyl (C=O) groups is 1. The van der Waals surface area contributed by atoms with Crippen molar-refractivity contribution in [2.45, 2.75) is 46.0 Å². The predicted molar refractivity (Wildman–Crippen MR) is 76.4 cm³/mol. The van der Waals surface area contributed by atoms with Gasteiger partial charge in [-0.25, -0.2) is 4.98 Å². The number of nitrogens with zero attached hydrogens (tertiary/aromatic N) is 3. The Kier molecular flexibility index (Phi) is 3.15. The van der Waals surface area contributed by atoms with Crippen LogP contribution in [0.2, 0.25) is 0 Å². The van der Waals surface area contributed by atoms with E-state index in [0.29, 0.717) is 18.3 Å². The van der Waals surface area contributed by atoms with Gasteiger partial charge in [-0.1, -0.05) is 32.4 Å². The van der Waals surface area contributed by atoms with Crippen molar-refractivity contribution in [3.05, 3.63) is 23.3 Å². The standard InChI is InChI=1S/C15H22N4O/c1-15(2,3)11-6-8-19(9-7-11)14(20)13-16-12(17-18-13)10-4-5-10/h6,10H,4-5,7-9H2,1-3H3,(H,16,17,18). The van der Waals surface area contributed by atoms with E-state index >= 15 is 0 Å². The van der Waals surface area contributed by atoms with Crippen molar-refractivity contribution in [3.63, 3.8) is 0 Å². The zero-order valence-corrected chi connectivity index (χ0v) is 12.4. The van der Waals surface area contributed by atoms with E-state index in [1.165, 1.54) is 5.57 Å². The van der Waals surface area contributed by atoms with Gasteiger partial charge in [-0.3, -0.25) is 9.89 Å². The van der Waals surface area contributed by atoms with Crippen LogP contribution < -0.4 is 0 Å². The van der Waals surface area contributed by atoms with Crippen molar-refractivity contribution in [2.75, 3.05) is 13.1 Å². The van der Waals surface area contributed by atoms with Crippen molar-refractivity contribution in [3.8, 4) is 0 Å². The van der Waals surface area contributed by atoms with Crippen molar-refractivity contribution in [1.29, 1.82) is 0 Å². The SMILES string of the molecule is CC(C)(C)C1=CCN(C(=O)c2n[nH]c(C3CC3)n2)CC1. The highest BCUT2D eigenvalue weighted by molar-refractivity contribution is 5.90. The predicted octanol–water partition coefficient (Wildman–Crippen LogP) is 2.50. The third-order valence-electron chi connectivity index (χ3n) is 4.12. The van der Waals surface area contributed by atoms with Crippen LogP contribution in [0, 0.1) is 5.41 Å². The molecule has 1 fully saturated rings. The lowest BCUT2D eigenvalue weighted by Crippen LogP contribution is -2.37. The highest BCUT2D eigenvalue weighted by Gasteiger charge is 2.30. The fourth-order valence-corrected chi connectivity index (χ4v) is 2.59. The minimum Gasteiger partial charge on any atom is -0.332 e. The number of aromatic nitrogens is 3. The van der Waals surface area contributed by atoms with Gasteiger partial charge in [-0.2, -0.15) is 0 Å². The minimum atomic E-state index is -0.0580. The van der Waals surface area contributed by atoms with Gasteiger partial charge >= 0.3 is 0 Å². The molecule has 0 unspecified atom stereocenters. The van der Waals surface area contributed by atoms with Gasteiger partial charge in [0, 0.05) is 19.0 Å². The first-order chi connectivity index (χ1) is 9.45. The van der Waals surface area contributed by atoms with Gasteiger partial charge in [0.25, 0.3) is 5.91 Å². The molecule has 1 N–H and O–H groups in total. The van der Waals surface area contributed by atoms with Crippen LogP contribution in [-0.2, 0) is 0 Å². The normalized spacial score (nSPS) is 19.9. The average Bonchev–Trinajstić information content (AvgIpc) is 3.15. The Morgan fingerprint density at radius 2 is 2.15 bits per heavy atom. The topological polar surface area (TPSA) is 61.9 Å². The molecular weight excluding hydrogens is 252 g/mol. The maximum absolute atomic E-state index is 12.4. The summed E-state index contributed by atoms with van der Waals surface area (Å²) < 4.78 is 0. The Labute approximate surface area is 119 Å². The average molecular weight is 274 g/mol.